The number of nitrogens with zero attached hydrogens (tertiary/aromatic N) is 1. The zero-order chi connectivity index (χ0) is 17.9. The summed E-state index contributed by atoms with van der Waals surface area (Å²) in [6.07, 6.45) is 0.134. The van der Waals surface area contributed by atoms with Gasteiger partial charge in [-0.15, -0.1) is 0 Å². The van der Waals surface area contributed by atoms with Gasteiger partial charge in [-0.05, 0) is 6.42 Å². The molecular formula is C13H26NO8P. The lowest BCUT2D eigenvalue weighted by Crippen LogP contribution is -2.37. The number of rotatable bonds is 13. The molecule has 0 aromatic heterocycles. The molecule has 0 radical (unpaired) electrons. The SMILES string of the molecule is C[N+](C)(C)CCOP(=O)([O-])OC[C@@H](CO)OC(=O)CCCC=O. The van der Waals surface area contributed by atoms with Gasteiger partial charge in [0.2, 0.25) is 0 Å². The lowest BCUT2D eigenvalue weighted by Gasteiger charge is -2.28. The molecule has 0 aliphatic heterocycles. The minimum atomic E-state index is -4.52. The van der Waals surface area contributed by atoms with Gasteiger partial charge >= 0.3 is 5.97 Å². The molecule has 0 fully saturated rings. The topological polar surface area (TPSA) is 122 Å². The van der Waals surface area contributed by atoms with Crippen LogP contribution in [0, 0.1) is 0 Å². The molecule has 0 rings (SSSR count). The van der Waals surface area contributed by atoms with E-state index in [-0.39, 0.29) is 19.4 Å². The van der Waals surface area contributed by atoms with Gasteiger partial charge in [0.25, 0.3) is 7.82 Å². The van der Waals surface area contributed by atoms with Gasteiger partial charge in [-0.1, -0.05) is 0 Å². The van der Waals surface area contributed by atoms with Gasteiger partial charge < -0.3 is 33.1 Å². The Morgan fingerprint density at radius 2 is 2.00 bits per heavy atom. The zero-order valence-electron chi connectivity index (χ0n) is 13.8. The number of ether oxygens (including phenoxy) is 1. The van der Waals surface area contributed by atoms with Crippen LogP contribution in [0.15, 0.2) is 0 Å². The van der Waals surface area contributed by atoms with Crippen molar-refractivity contribution in [3.63, 3.8) is 0 Å². The zero-order valence-corrected chi connectivity index (χ0v) is 14.7. The Balaban J connectivity index is 4.14. The number of quaternary nitrogens is 1. The molecule has 23 heavy (non-hydrogen) atoms. The van der Waals surface area contributed by atoms with Crippen LogP contribution in [0.3, 0.4) is 0 Å². The molecular weight excluding hydrogens is 329 g/mol. The summed E-state index contributed by atoms with van der Waals surface area (Å²) in [5, 5.41) is 9.08. The molecule has 0 aliphatic rings. The summed E-state index contributed by atoms with van der Waals surface area (Å²) in [5.41, 5.74) is 0. The summed E-state index contributed by atoms with van der Waals surface area (Å²) in [6, 6.07) is 0. The molecule has 0 aromatic carbocycles. The maximum atomic E-state index is 11.5. The van der Waals surface area contributed by atoms with E-state index in [1.54, 1.807) is 0 Å². The Kier molecular flexibility index (Phi) is 10.5. The summed E-state index contributed by atoms with van der Waals surface area (Å²) in [5.74, 6) is -0.638. The van der Waals surface area contributed by atoms with Gasteiger partial charge in [0.1, 0.15) is 25.5 Å². The lowest BCUT2D eigenvalue weighted by molar-refractivity contribution is -0.870. The summed E-state index contributed by atoms with van der Waals surface area (Å²) in [4.78, 5) is 33.1. The van der Waals surface area contributed by atoms with Crippen LogP contribution < -0.4 is 4.89 Å². The predicted octanol–water partition coefficient (Wildman–Crippen LogP) is -0.532. The van der Waals surface area contributed by atoms with E-state index < -0.39 is 33.1 Å². The number of hydrogen-bond acceptors (Lipinski definition) is 8. The smallest absolute Gasteiger partial charge is 0.306 e. The lowest BCUT2D eigenvalue weighted by atomic mass is 10.2. The quantitative estimate of drug-likeness (QED) is 0.154. The minimum Gasteiger partial charge on any atom is -0.756 e. The third-order valence-electron chi connectivity index (χ3n) is 2.63. The highest BCUT2D eigenvalue weighted by molar-refractivity contribution is 7.45. The van der Waals surface area contributed by atoms with Crippen molar-refractivity contribution in [2.75, 3.05) is 47.5 Å². The van der Waals surface area contributed by atoms with Crippen LogP contribution in [0.4, 0.5) is 0 Å². The van der Waals surface area contributed by atoms with Gasteiger partial charge in [0, 0.05) is 12.8 Å². The second-order valence-electron chi connectivity index (χ2n) is 5.94. The highest BCUT2D eigenvalue weighted by Gasteiger charge is 2.19. The fraction of sp³-hybridized carbons (Fsp3) is 0.846. The fourth-order valence-corrected chi connectivity index (χ4v) is 2.07. The molecule has 0 aliphatic carbocycles. The normalized spacial score (nSPS) is 15.7. The van der Waals surface area contributed by atoms with Crippen molar-refractivity contribution >= 4 is 20.1 Å². The summed E-state index contributed by atoms with van der Waals surface area (Å²) >= 11 is 0. The fourth-order valence-electron chi connectivity index (χ4n) is 1.34. The number of aldehydes is 1. The van der Waals surface area contributed by atoms with E-state index in [0.717, 1.165) is 0 Å². The van der Waals surface area contributed by atoms with E-state index >= 15 is 0 Å². The molecule has 10 heteroatoms. The van der Waals surface area contributed by atoms with Gasteiger partial charge in [-0.2, -0.15) is 0 Å². The number of aliphatic hydroxyl groups is 1. The minimum absolute atomic E-state index is 0.00424. The number of unbranched alkanes of at least 4 members (excludes halogenated alkanes) is 1. The Hall–Kier alpha value is -0.830. The van der Waals surface area contributed by atoms with Gasteiger partial charge in [-0.3, -0.25) is 9.36 Å². The maximum Gasteiger partial charge on any atom is 0.306 e. The first-order valence-electron chi connectivity index (χ1n) is 7.24. The van der Waals surface area contributed by atoms with E-state index in [2.05, 4.69) is 9.05 Å². The first-order chi connectivity index (χ1) is 10.6. The third kappa shape index (κ3) is 13.3. The first kappa shape index (κ1) is 22.2. The molecule has 0 saturated carbocycles. The molecule has 0 saturated heterocycles. The predicted molar refractivity (Wildman–Crippen MR) is 79.3 cm³/mol. The van der Waals surface area contributed by atoms with Crippen molar-refractivity contribution in [2.24, 2.45) is 0 Å². The Bertz CT molecular complexity index is 409. The standard InChI is InChI=1S/C13H26NO8P/c1-14(2,3)7-9-20-23(18,19)21-11-12(10-16)22-13(17)6-4-5-8-15/h8,12,16H,4-7,9-11H2,1-3H3/t12-/m1/s1. The van der Waals surface area contributed by atoms with E-state index in [4.69, 9.17) is 9.84 Å². The number of carbonyl (C=O) groups is 2. The average molecular weight is 355 g/mol. The monoisotopic (exact) mass is 355 g/mol. The van der Waals surface area contributed by atoms with Gasteiger partial charge in [0.05, 0.1) is 34.4 Å². The van der Waals surface area contributed by atoms with Crippen molar-refractivity contribution in [3.8, 4) is 0 Å². The van der Waals surface area contributed by atoms with Crippen molar-refractivity contribution in [1.29, 1.82) is 0 Å². The second-order valence-corrected chi connectivity index (χ2v) is 7.35. The first-order valence-corrected chi connectivity index (χ1v) is 8.70. The Morgan fingerprint density at radius 3 is 2.52 bits per heavy atom. The molecule has 0 spiro atoms. The molecule has 1 unspecified atom stereocenters. The number of hydrogen-bond donors (Lipinski definition) is 1. The van der Waals surface area contributed by atoms with Crippen LogP contribution in [0.1, 0.15) is 19.3 Å². The van der Waals surface area contributed by atoms with Crippen LogP contribution in [-0.4, -0.2) is 75.5 Å². The second kappa shape index (κ2) is 10.9. The highest BCUT2D eigenvalue weighted by atomic mass is 31.2. The summed E-state index contributed by atoms with van der Waals surface area (Å²) < 4.78 is 26.2. The van der Waals surface area contributed by atoms with Crippen molar-refractivity contribution in [1.82, 2.24) is 0 Å². The molecule has 1 N–H and O–H groups in total. The number of phosphoric acid groups is 1. The van der Waals surface area contributed by atoms with Crippen molar-refractivity contribution in [3.05, 3.63) is 0 Å². The molecule has 0 aromatic rings. The largest absolute Gasteiger partial charge is 0.756 e. The van der Waals surface area contributed by atoms with Crippen LogP contribution in [0.25, 0.3) is 0 Å². The maximum absolute atomic E-state index is 11.5. The summed E-state index contributed by atoms with van der Waals surface area (Å²) in [7, 11) is 1.12. The van der Waals surface area contributed by atoms with Gasteiger partial charge in [-0.25, -0.2) is 0 Å². The van der Waals surface area contributed by atoms with E-state index in [0.29, 0.717) is 23.7 Å². The highest BCUT2D eigenvalue weighted by Crippen LogP contribution is 2.38. The Labute approximate surface area is 136 Å². The van der Waals surface area contributed by atoms with E-state index in [1.165, 1.54) is 0 Å². The average Bonchev–Trinajstić information content (AvgIpc) is 2.42. The van der Waals surface area contributed by atoms with E-state index in [9.17, 15) is 19.0 Å². The van der Waals surface area contributed by atoms with Crippen LogP contribution in [-0.2, 0) is 27.9 Å². The molecule has 136 valence electrons. The molecule has 0 amide bonds. The number of likely N-dealkylation sites (N-methyl/N-ethyl adjacent to an activating group) is 1. The number of aliphatic hydroxyl groups excluding tert-OH is 1. The summed E-state index contributed by atoms with van der Waals surface area (Å²) in [6.45, 7) is -0.691. The van der Waals surface area contributed by atoms with Crippen molar-refractivity contribution in [2.45, 2.75) is 25.4 Å². The van der Waals surface area contributed by atoms with Gasteiger partial charge in [0.15, 0.2) is 0 Å². The third-order valence-corrected chi connectivity index (χ3v) is 3.60. The van der Waals surface area contributed by atoms with E-state index in [1.807, 2.05) is 21.1 Å². The molecule has 2 atom stereocenters. The number of phosphoric ester groups is 1. The molecule has 0 heterocycles. The number of carbonyl (C=O) groups excluding carboxylic acids is 2. The van der Waals surface area contributed by atoms with Crippen LogP contribution in [0.2, 0.25) is 0 Å². The van der Waals surface area contributed by atoms with Crippen molar-refractivity contribution < 1.29 is 42.4 Å². The Morgan fingerprint density at radius 1 is 1.35 bits per heavy atom. The van der Waals surface area contributed by atoms with Crippen LogP contribution >= 0.6 is 7.82 Å². The molecule has 9 nitrogen and oxygen atoms in total. The molecule has 0 bridgehead atoms. The van der Waals surface area contributed by atoms with Crippen LogP contribution in [0.5, 0.6) is 0 Å². The number of esters is 1.